The molecule has 0 unspecified atom stereocenters. The summed E-state index contributed by atoms with van der Waals surface area (Å²) < 4.78 is 10.5. The average Bonchev–Trinajstić information content (AvgIpc) is 3.20. The van der Waals surface area contributed by atoms with Crippen LogP contribution in [-0.4, -0.2) is 30.5 Å². The van der Waals surface area contributed by atoms with Crippen LogP contribution in [0.2, 0.25) is 0 Å². The van der Waals surface area contributed by atoms with Crippen molar-refractivity contribution < 1.29 is 19.1 Å². The van der Waals surface area contributed by atoms with E-state index in [4.69, 9.17) is 9.47 Å². The van der Waals surface area contributed by atoms with Crippen LogP contribution >= 0.6 is 11.3 Å². The number of anilines is 2. The summed E-state index contributed by atoms with van der Waals surface area (Å²) in [5.41, 5.74) is 0.736. The van der Waals surface area contributed by atoms with Gasteiger partial charge >= 0.3 is 0 Å². The predicted molar refractivity (Wildman–Crippen MR) is 104 cm³/mol. The van der Waals surface area contributed by atoms with E-state index < -0.39 is 0 Å². The lowest BCUT2D eigenvalue weighted by atomic mass is 10.1. The third-order valence-corrected chi connectivity index (χ3v) is 4.22. The van der Waals surface area contributed by atoms with Crippen molar-refractivity contribution in [2.75, 3.05) is 24.4 Å². The number of benzene rings is 2. The number of nitrogens with one attached hydrogen (secondary N) is 2. The van der Waals surface area contributed by atoms with Crippen LogP contribution in [0.3, 0.4) is 0 Å². The smallest absolute Gasteiger partial charge is 0.262 e. The number of ether oxygens (including phenoxy) is 2. The van der Waals surface area contributed by atoms with Crippen LogP contribution in [-0.2, 0) is 4.79 Å². The third kappa shape index (κ3) is 5.05. The van der Waals surface area contributed by atoms with Crippen molar-refractivity contribution in [2.24, 2.45) is 0 Å². The highest BCUT2D eigenvalue weighted by Gasteiger charge is 2.14. The maximum absolute atomic E-state index is 12.4. The Hall–Kier alpha value is -3.39. The molecule has 0 spiro atoms. The van der Waals surface area contributed by atoms with Gasteiger partial charge in [-0.3, -0.25) is 14.9 Å². The van der Waals surface area contributed by atoms with Crippen LogP contribution in [0.15, 0.2) is 60.1 Å². The fourth-order valence-corrected chi connectivity index (χ4v) is 2.77. The van der Waals surface area contributed by atoms with Gasteiger partial charge in [0.1, 0.15) is 11.5 Å². The molecule has 0 bridgehead atoms. The normalized spacial score (nSPS) is 10.1. The molecule has 0 aliphatic heterocycles. The fourth-order valence-electron chi connectivity index (χ4n) is 2.25. The maximum atomic E-state index is 12.4. The van der Waals surface area contributed by atoms with Crippen LogP contribution in [0.25, 0.3) is 0 Å². The molecule has 1 aromatic heterocycles. The molecule has 1 heterocycles. The number of para-hydroxylation sites is 1. The molecule has 3 rings (SSSR count). The third-order valence-electron chi connectivity index (χ3n) is 3.53. The zero-order chi connectivity index (χ0) is 19.1. The second-order valence-corrected chi connectivity index (χ2v) is 6.24. The Balaban J connectivity index is 1.61. The van der Waals surface area contributed by atoms with Crippen molar-refractivity contribution in [3.63, 3.8) is 0 Å². The first kappa shape index (κ1) is 18.4. The van der Waals surface area contributed by atoms with Crippen LogP contribution in [0.4, 0.5) is 10.8 Å². The van der Waals surface area contributed by atoms with Gasteiger partial charge in [0.25, 0.3) is 11.8 Å². The number of rotatable bonds is 7. The largest absolute Gasteiger partial charge is 0.497 e. The maximum Gasteiger partial charge on any atom is 0.262 e. The van der Waals surface area contributed by atoms with Crippen molar-refractivity contribution in [1.29, 1.82) is 0 Å². The fraction of sp³-hybridized carbons (Fsp3) is 0.105. The second-order valence-electron chi connectivity index (χ2n) is 5.35. The molecule has 7 nitrogen and oxygen atoms in total. The number of methoxy groups -OCH3 is 1. The van der Waals surface area contributed by atoms with Gasteiger partial charge in [0.15, 0.2) is 11.7 Å². The predicted octanol–water partition coefficient (Wildman–Crippen LogP) is 3.42. The first-order chi connectivity index (χ1) is 13.2. The van der Waals surface area contributed by atoms with E-state index in [1.165, 1.54) is 11.3 Å². The summed E-state index contributed by atoms with van der Waals surface area (Å²) in [6, 6.07) is 13.6. The lowest BCUT2D eigenvalue weighted by Gasteiger charge is -2.11. The Bertz CT molecular complexity index is 911. The number of hydrogen-bond donors (Lipinski definition) is 2. The highest BCUT2D eigenvalue weighted by molar-refractivity contribution is 7.13. The second kappa shape index (κ2) is 8.81. The van der Waals surface area contributed by atoms with Gasteiger partial charge in [-0.15, -0.1) is 11.3 Å². The molecule has 27 heavy (non-hydrogen) atoms. The molecule has 8 heteroatoms. The van der Waals surface area contributed by atoms with E-state index in [1.54, 1.807) is 67.2 Å². The van der Waals surface area contributed by atoms with E-state index in [9.17, 15) is 9.59 Å². The SMILES string of the molecule is COc1ccc(OCC(=O)Nc2ccccc2C(=O)Nc2nccs2)cc1. The van der Waals surface area contributed by atoms with E-state index in [1.807, 2.05) is 0 Å². The first-order valence-electron chi connectivity index (χ1n) is 8.02. The molecule has 2 N–H and O–H groups in total. The van der Waals surface area contributed by atoms with Gasteiger partial charge in [0.05, 0.1) is 18.4 Å². The lowest BCUT2D eigenvalue weighted by Crippen LogP contribution is -2.22. The zero-order valence-corrected chi connectivity index (χ0v) is 15.3. The number of nitrogens with zero attached hydrogens (tertiary/aromatic N) is 1. The minimum atomic E-state index is -0.375. The van der Waals surface area contributed by atoms with Gasteiger partial charge in [0, 0.05) is 11.6 Å². The summed E-state index contributed by atoms with van der Waals surface area (Å²) in [5.74, 6) is 0.518. The molecular formula is C19H17N3O4S. The summed E-state index contributed by atoms with van der Waals surface area (Å²) in [7, 11) is 1.57. The molecule has 0 atom stereocenters. The molecule has 0 fully saturated rings. The highest BCUT2D eigenvalue weighted by Crippen LogP contribution is 2.19. The first-order valence-corrected chi connectivity index (χ1v) is 8.90. The molecule has 2 aromatic carbocycles. The highest BCUT2D eigenvalue weighted by atomic mass is 32.1. The molecule has 0 radical (unpaired) electrons. The molecular weight excluding hydrogens is 366 g/mol. The van der Waals surface area contributed by atoms with Crippen LogP contribution in [0.1, 0.15) is 10.4 Å². The number of hydrogen-bond acceptors (Lipinski definition) is 6. The average molecular weight is 383 g/mol. The summed E-state index contributed by atoms with van der Waals surface area (Å²) in [6.45, 7) is -0.186. The van der Waals surface area contributed by atoms with Crippen molar-refractivity contribution in [2.45, 2.75) is 0 Å². The van der Waals surface area contributed by atoms with E-state index in [0.29, 0.717) is 27.9 Å². The Morgan fingerprint density at radius 2 is 1.78 bits per heavy atom. The van der Waals surface area contributed by atoms with Crippen molar-refractivity contribution >= 4 is 34.0 Å². The topological polar surface area (TPSA) is 89.5 Å². The summed E-state index contributed by atoms with van der Waals surface area (Å²) >= 11 is 1.31. The lowest BCUT2D eigenvalue weighted by molar-refractivity contribution is -0.118. The summed E-state index contributed by atoms with van der Waals surface area (Å²) in [6.07, 6.45) is 1.60. The number of carbonyl (C=O) groups excluding carboxylic acids is 2. The monoisotopic (exact) mass is 383 g/mol. The van der Waals surface area contributed by atoms with E-state index >= 15 is 0 Å². The number of aromatic nitrogens is 1. The van der Waals surface area contributed by atoms with E-state index in [2.05, 4.69) is 15.6 Å². The van der Waals surface area contributed by atoms with E-state index in [-0.39, 0.29) is 18.4 Å². The molecule has 3 aromatic rings. The molecule has 0 saturated carbocycles. The molecule has 0 aliphatic rings. The molecule has 0 aliphatic carbocycles. The van der Waals surface area contributed by atoms with Crippen LogP contribution in [0, 0.1) is 0 Å². The number of thiazole rings is 1. The van der Waals surface area contributed by atoms with Crippen molar-refractivity contribution in [1.82, 2.24) is 4.98 Å². The van der Waals surface area contributed by atoms with Crippen LogP contribution in [0.5, 0.6) is 11.5 Å². The Kier molecular flexibility index (Phi) is 6.01. The molecule has 2 amide bonds. The van der Waals surface area contributed by atoms with E-state index in [0.717, 1.165) is 0 Å². The van der Waals surface area contributed by atoms with Gasteiger partial charge in [-0.05, 0) is 36.4 Å². The van der Waals surface area contributed by atoms with Gasteiger partial charge in [-0.1, -0.05) is 12.1 Å². The molecule has 138 valence electrons. The quantitative estimate of drug-likeness (QED) is 0.652. The van der Waals surface area contributed by atoms with Gasteiger partial charge in [-0.25, -0.2) is 4.98 Å². The van der Waals surface area contributed by atoms with Crippen molar-refractivity contribution in [3.05, 3.63) is 65.7 Å². The Morgan fingerprint density at radius 3 is 2.48 bits per heavy atom. The number of amides is 2. The number of carbonyl (C=O) groups is 2. The van der Waals surface area contributed by atoms with Gasteiger partial charge < -0.3 is 14.8 Å². The Labute approximate surface area is 160 Å². The van der Waals surface area contributed by atoms with Gasteiger partial charge in [-0.2, -0.15) is 0 Å². The molecule has 0 saturated heterocycles. The van der Waals surface area contributed by atoms with Gasteiger partial charge in [0.2, 0.25) is 0 Å². The minimum absolute atomic E-state index is 0.186. The summed E-state index contributed by atoms with van der Waals surface area (Å²) in [5, 5.41) is 7.65. The minimum Gasteiger partial charge on any atom is -0.497 e. The zero-order valence-electron chi connectivity index (χ0n) is 14.5. The Morgan fingerprint density at radius 1 is 1.04 bits per heavy atom. The van der Waals surface area contributed by atoms with Crippen LogP contribution < -0.4 is 20.1 Å². The van der Waals surface area contributed by atoms with Crippen molar-refractivity contribution in [3.8, 4) is 11.5 Å². The standard InChI is InChI=1S/C19H17N3O4S/c1-25-13-6-8-14(9-7-13)26-12-17(23)21-16-5-3-2-4-15(16)18(24)22-19-20-10-11-27-19/h2-11H,12H2,1H3,(H,21,23)(H,20,22,24). The summed E-state index contributed by atoms with van der Waals surface area (Å²) in [4.78, 5) is 28.6.